The van der Waals surface area contributed by atoms with Gasteiger partial charge in [0.15, 0.2) is 0 Å². The maximum absolute atomic E-state index is 12.0. The topological polar surface area (TPSA) is 66.8 Å². The van der Waals surface area contributed by atoms with E-state index >= 15 is 0 Å². The van der Waals surface area contributed by atoms with Crippen molar-refractivity contribution in [3.8, 4) is 0 Å². The molecule has 0 spiro atoms. The molecule has 0 saturated carbocycles. The monoisotopic (exact) mass is 247 g/mol. The van der Waals surface area contributed by atoms with Crippen LogP contribution in [0.2, 0.25) is 0 Å². The fourth-order valence-electron chi connectivity index (χ4n) is 1.79. The van der Waals surface area contributed by atoms with Crippen LogP contribution in [-0.4, -0.2) is 52.9 Å². The summed E-state index contributed by atoms with van der Waals surface area (Å²) in [6.45, 7) is 2.23. The summed E-state index contributed by atoms with van der Waals surface area (Å²) in [6.07, 6.45) is 0.916. The molecule has 0 aromatic carbocycles. The van der Waals surface area contributed by atoms with Gasteiger partial charge in [0, 0.05) is 13.7 Å². The van der Waals surface area contributed by atoms with Gasteiger partial charge in [-0.05, 0) is 19.8 Å². The smallest absolute Gasteiger partial charge is 0.326 e. The summed E-state index contributed by atoms with van der Waals surface area (Å²) >= 11 is 4.17. The second kappa shape index (κ2) is 5.54. The maximum atomic E-state index is 12.0. The van der Waals surface area contributed by atoms with Crippen molar-refractivity contribution in [2.75, 3.05) is 13.7 Å². The third kappa shape index (κ3) is 2.68. The molecule has 1 saturated heterocycles. The summed E-state index contributed by atoms with van der Waals surface area (Å²) in [5, 5.41) is 8.35. The molecule has 1 rings (SSSR count). The van der Waals surface area contributed by atoms with E-state index in [1.54, 1.807) is 6.92 Å². The summed E-state index contributed by atoms with van der Waals surface area (Å²) in [7, 11) is 1.50. The molecule has 1 N–H and O–H groups in total. The van der Waals surface area contributed by atoms with Crippen molar-refractivity contribution in [1.29, 1.82) is 0 Å². The highest BCUT2D eigenvalue weighted by Crippen LogP contribution is 2.21. The number of rotatable bonds is 4. The minimum absolute atomic E-state index is 0.261. The van der Waals surface area contributed by atoms with Crippen LogP contribution >= 0.6 is 12.6 Å². The average molecular weight is 247 g/mol. The van der Waals surface area contributed by atoms with Gasteiger partial charge in [0.25, 0.3) is 0 Å². The number of carboxylic acids is 1. The number of aliphatic carboxylic acids is 1. The van der Waals surface area contributed by atoms with Crippen LogP contribution in [-0.2, 0) is 14.3 Å². The van der Waals surface area contributed by atoms with Crippen molar-refractivity contribution in [2.45, 2.75) is 37.2 Å². The Morgan fingerprint density at radius 2 is 2.19 bits per heavy atom. The molecule has 0 aliphatic carbocycles. The summed E-state index contributed by atoms with van der Waals surface area (Å²) < 4.78 is 5.02. The van der Waals surface area contributed by atoms with Crippen LogP contribution in [0, 0.1) is 0 Å². The van der Waals surface area contributed by atoms with Gasteiger partial charge in [-0.1, -0.05) is 0 Å². The summed E-state index contributed by atoms with van der Waals surface area (Å²) in [6, 6.07) is -0.703. The van der Waals surface area contributed by atoms with Gasteiger partial charge >= 0.3 is 5.97 Å². The number of carbonyl (C=O) groups is 2. The molecule has 16 heavy (non-hydrogen) atoms. The van der Waals surface area contributed by atoms with Crippen molar-refractivity contribution in [3.63, 3.8) is 0 Å². The number of ether oxygens (including phenoxy) is 1. The molecular weight excluding hydrogens is 230 g/mol. The molecule has 6 heteroatoms. The first-order valence-corrected chi connectivity index (χ1v) is 5.74. The van der Waals surface area contributed by atoms with Crippen LogP contribution < -0.4 is 0 Å². The molecule has 5 nitrogen and oxygen atoms in total. The fourth-order valence-corrected chi connectivity index (χ4v) is 2.06. The van der Waals surface area contributed by atoms with E-state index in [2.05, 4.69) is 12.6 Å². The maximum Gasteiger partial charge on any atom is 0.326 e. The van der Waals surface area contributed by atoms with Gasteiger partial charge in [-0.25, -0.2) is 4.79 Å². The zero-order valence-electron chi connectivity index (χ0n) is 9.42. The van der Waals surface area contributed by atoms with E-state index in [9.17, 15) is 9.59 Å². The first-order valence-electron chi connectivity index (χ1n) is 5.23. The summed E-state index contributed by atoms with van der Waals surface area (Å²) in [4.78, 5) is 24.3. The third-order valence-corrected chi connectivity index (χ3v) is 3.53. The number of likely N-dealkylation sites (tertiary alicyclic amines) is 1. The fraction of sp³-hybridized carbons (Fsp3) is 0.800. The largest absolute Gasteiger partial charge is 0.480 e. The van der Waals surface area contributed by atoms with Gasteiger partial charge in [0.1, 0.15) is 11.3 Å². The predicted molar refractivity (Wildman–Crippen MR) is 61.6 cm³/mol. The second-order valence-corrected chi connectivity index (χ2v) is 4.47. The molecule has 92 valence electrons. The van der Waals surface area contributed by atoms with E-state index < -0.39 is 17.3 Å². The highest BCUT2D eigenvalue weighted by atomic mass is 32.1. The van der Waals surface area contributed by atoms with Crippen molar-refractivity contribution < 1.29 is 19.4 Å². The van der Waals surface area contributed by atoms with Crippen molar-refractivity contribution >= 4 is 24.5 Å². The van der Waals surface area contributed by atoms with E-state index in [0.29, 0.717) is 13.0 Å². The van der Waals surface area contributed by atoms with Gasteiger partial charge in [-0.2, -0.15) is 12.6 Å². The first-order chi connectivity index (χ1) is 7.49. The van der Waals surface area contributed by atoms with Gasteiger partial charge in [-0.3, -0.25) is 4.79 Å². The van der Waals surface area contributed by atoms with Gasteiger partial charge in [0.05, 0.1) is 6.10 Å². The molecule has 0 bridgehead atoms. The molecule has 1 aliphatic rings. The lowest BCUT2D eigenvalue weighted by molar-refractivity contribution is -0.148. The first kappa shape index (κ1) is 13.3. The van der Waals surface area contributed by atoms with Gasteiger partial charge < -0.3 is 14.7 Å². The number of methoxy groups -OCH3 is 1. The molecule has 0 aromatic heterocycles. The Balaban J connectivity index is 2.69. The second-order valence-electron chi connectivity index (χ2n) is 3.91. The van der Waals surface area contributed by atoms with Crippen LogP contribution in [0.15, 0.2) is 0 Å². The zero-order valence-corrected chi connectivity index (χ0v) is 10.3. The normalized spacial score (nSPS) is 24.2. The summed E-state index contributed by atoms with van der Waals surface area (Å²) in [5.41, 5.74) is 0. The molecule has 2 unspecified atom stereocenters. The molecule has 0 aromatic rings. The lowest BCUT2D eigenvalue weighted by Crippen LogP contribution is -2.46. The Kier molecular flexibility index (Phi) is 4.61. The van der Waals surface area contributed by atoms with E-state index in [1.807, 2.05) is 0 Å². The highest BCUT2D eigenvalue weighted by molar-refractivity contribution is 7.81. The zero-order chi connectivity index (χ0) is 12.3. The molecule has 1 aliphatic heterocycles. The molecule has 1 heterocycles. The van der Waals surface area contributed by atoms with E-state index in [-0.39, 0.29) is 12.0 Å². The lowest BCUT2D eigenvalue weighted by atomic mass is 10.2. The van der Waals surface area contributed by atoms with Crippen molar-refractivity contribution in [2.24, 2.45) is 0 Å². The number of hydrogen-bond acceptors (Lipinski definition) is 4. The van der Waals surface area contributed by atoms with Gasteiger partial charge in [-0.15, -0.1) is 0 Å². The molecular formula is C10H17NO4S. The predicted octanol–water partition coefficient (Wildman–Crippen LogP) is 0.395. The van der Waals surface area contributed by atoms with E-state index in [0.717, 1.165) is 6.42 Å². The minimum atomic E-state index is -0.948. The third-order valence-electron chi connectivity index (χ3n) is 2.89. The number of thiol groups is 1. The minimum Gasteiger partial charge on any atom is -0.480 e. The number of nitrogens with zero attached hydrogens (tertiary/aromatic N) is 1. The Labute approximate surface area is 100 Å². The Bertz CT molecular complexity index is 284. The number of carbonyl (C=O) groups excluding carboxylic acids is 1. The highest BCUT2D eigenvalue weighted by Gasteiger charge is 2.37. The number of carboxylic acid groups (broad SMARTS) is 1. The Hall–Kier alpha value is -0.750. The standard InChI is InChI=1S/C10H17NO4S/c1-6(15-2)8(16)9(12)11-5-3-4-7(11)10(13)14/h6-8,16H,3-5H2,1-2H3,(H,13,14)/t6?,7-,8?/m0/s1. The molecule has 0 radical (unpaired) electrons. The van der Waals surface area contributed by atoms with Crippen LogP contribution in [0.5, 0.6) is 0 Å². The van der Waals surface area contributed by atoms with Crippen LogP contribution in [0.25, 0.3) is 0 Å². The average Bonchev–Trinajstić information content (AvgIpc) is 2.74. The number of amides is 1. The van der Waals surface area contributed by atoms with Crippen molar-refractivity contribution in [1.82, 2.24) is 4.90 Å². The Morgan fingerprint density at radius 1 is 1.56 bits per heavy atom. The van der Waals surface area contributed by atoms with Crippen molar-refractivity contribution in [3.05, 3.63) is 0 Å². The number of hydrogen-bond donors (Lipinski definition) is 2. The van der Waals surface area contributed by atoms with E-state index in [1.165, 1.54) is 12.0 Å². The van der Waals surface area contributed by atoms with Gasteiger partial charge in [0.2, 0.25) is 5.91 Å². The SMILES string of the molecule is COC(C)C(S)C(=O)N1CCC[C@H]1C(=O)O. The molecule has 1 fully saturated rings. The lowest BCUT2D eigenvalue weighted by Gasteiger charge is -2.26. The quantitative estimate of drug-likeness (QED) is 0.706. The van der Waals surface area contributed by atoms with E-state index in [4.69, 9.17) is 9.84 Å². The van der Waals surface area contributed by atoms with Crippen LogP contribution in [0.4, 0.5) is 0 Å². The molecule has 3 atom stereocenters. The van der Waals surface area contributed by atoms with Crippen LogP contribution in [0.3, 0.4) is 0 Å². The Morgan fingerprint density at radius 3 is 2.69 bits per heavy atom. The van der Waals surface area contributed by atoms with Crippen LogP contribution in [0.1, 0.15) is 19.8 Å². The molecule has 1 amide bonds. The summed E-state index contributed by atoms with van der Waals surface area (Å²) in [5.74, 6) is -1.21.